The Morgan fingerprint density at radius 2 is 1.30 bits per heavy atom. The molecule has 1 amide bonds. The molecule has 0 spiro atoms. The number of amides is 1. The van der Waals surface area contributed by atoms with Crippen LogP contribution in [0.15, 0.2) is 0 Å². The van der Waals surface area contributed by atoms with Gasteiger partial charge in [0.05, 0.1) is 26.4 Å². The number of hydrogen-bond donors (Lipinski definition) is 2. The molecule has 7 heteroatoms. The van der Waals surface area contributed by atoms with Gasteiger partial charge in [0.2, 0.25) is 5.91 Å². The number of hydrogen-bond acceptors (Lipinski definition) is 6. The molecule has 0 aromatic rings. The number of carbonyl (C=O) groups is 2. The van der Waals surface area contributed by atoms with E-state index in [2.05, 4.69) is 10.6 Å². The molecule has 0 saturated heterocycles. The lowest BCUT2D eigenvalue weighted by molar-refractivity contribution is -0.124. The Balaban J connectivity index is 3.10. The maximum atomic E-state index is 11.3. The van der Waals surface area contributed by atoms with E-state index in [1.54, 1.807) is 0 Å². The summed E-state index contributed by atoms with van der Waals surface area (Å²) in [7, 11) is 1.92. The molecule has 0 aliphatic carbocycles. The first-order chi connectivity index (χ1) is 11.2. The van der Waals surface area contributed by atoms with Gasteiger partial charge < -0.3 is 29.6 Å². The van der Waals surface area contributed by atoms with E-state index in [1.807, 2.05) is 7.05 Å². The summed E-state index contributed by atoms with van der Waals surface area (Å²) in [6, 6.07) is 0. The number of carbonyl (C=O) groups excluding carboxylic acids is 2. The van der Waals surface area contributed by atoms with Crippen LogP contribution in [0, 0.1) is 0 Å². The largest absolute Gasteiger partial charge is 0.379 e. The van der Waals surface area contributed by atoms with Crippen LogP contribution in [0.3, 0.4) is 0 Å². The average molecular weight is 332 g/mol. The lowest BCUT2D eigenvalue weighted by Gasteiger charge is -2.07. The summed E-state index contributed by atoms with van der Waals surface area (Å²) in [6.45, 7) is 6.62. The van der Waals surface area contributed by atoms with E-state index in [0.29, 0.717) is 46.0 Å². The Morgan fingerprint density at radius 3 is 1.83 bits per heavy atom. The second-order valence-corrected chi connectivity index (χ2v) is 5.20. The third-order valence-electron chi connectivity index (χ3n) is 2.95. The van der Waals surface area contributed by atoms with Gasteiger partial charge in [-0.25, -0.2) is 0 Å². The van der Waals surface area contributed by atoms with Gasteiger partial charge in [0, 0.05) is 32.6 Å². The minimum atomic E-state index is -0.0850. The van der Waals surface area contributed by atoms with Crippen LogP contribution in [-0.4, -0.2) is 71.5 Å². The standard InChI is InChI=1S/C16H32N2O5/c1-15(19)5-6-16(20)18-8-4-10-22-12-14-23-13-11-21-9-3-7-17-2/h17H,3-14H2,1-2H3,(H,18,20). The highest BCUT2D eigenvalue weighted by molar-refractivity contribution is 5.83. The van der Waals surface area contributed by atoms with Gasteiger partial charge in [-0.1, -0.05) is 0 Å². The normalized spacial score (nSPS) is 10.7. The molecular formula is C16H32N2O5. The molecule has 0 aliphatic heterocycles. The summed E-state index contributed by atoms with van der Waals surface area (Å²) in [5, 5.41) is 5.81. The van der Waals surface area contributed by atoms with Crippen molar-refractivity contribution in [3.63, 3.8) is 0 Å². The summed E-state index contributed by atoms with van der Waals surface area (Å²) in [4.78, 5) is 22.1. The van der Waals surface area contributed by atoms with Gasteiger partial charge in [0.25, 0.3) is 0 Å². The molecule has 0 atom stereocenters. The highest BCUT2D eigenvalue weighted by Gasteiger charge is 2.02. The lowest BCUT2D eigenvalue weighted by atomic mass is 10.2. The van der Waals surface area contributed by atoms with E-state index in [1.165, 1.54) is 6.92 Å². The van der Waals surface area contributed by atoms with Crippen molar-refractivity contribution >= 4 is 11.7 Å². The summed E-state index contributed by atoms with van der Waals surface area (Å²) in [6.07, 6.45) is 2.32. The predicted molar refractivity (Wildman–Crippen MR) is 88.5 cm³/mol. The molecule has 0 aromatic heterocycles. The molecule has 0 unspecified atom stereocenters. The minimum absolute atomic E-state index is 0.0341. The van der Waals surface area contributed by atoms with Crippen LogP contribution in [0.2, 0.25) is 0 Å². The highest BCUT2D eigenvalue weighted by Crippen LogP contribution is 1.90. The van der Waals surface area contributed by atoms with Crippen molar-refractivity contribution in [2.45, 2.75) is 32.6 Å². The Kier molecular flexibility index (Phi) is 16.6. The fraction of sp³-hybridized carbons (Fsp3) is 0.875. The van der Waals surface area contributed by atoms with Gasteiger partial charge in [-0.05, 0) is 33.4 Å². The van der Waals surface area contributed by atoms with Crippen molar-refractivity contribution in [3.8, 4) is 0 Å². The van der Waals surface area contributed by atoms with E-state index in [4.69, 9.17) is 14.2 Å². The molecular weight excluding hydrogens is 300 g/mol. The fourth-order valence-electron chi connectivity index (χ4n) is 1.67. The Morgan fingerprint density at radius 1 is 0.783 bits per heavy atom. The zero-order valence-corrected chi connectivity index (χ0v) is 14.5. The minimum Gasteiger partial charge on any atom is -0.379 e. The number of ether oxygens (including phenoxy) is 3. The van der Waals surface area contributed by atoms with Crippen molar-refractivity contribution in [1.82, 2.24) is 10.6 Å². The zero-order chi connectivity index (χ0) is 17.2. The van der Waals surface area contributed by atoms with E-state index in [0.717, 1.165) is 26.0 Å². The zero-order valence-electron chi connectivity index (χ0n) is 14.5. The molecule has 0 radical (unpaired) electrons. The van der Waals surface area contributed by atoms with E-state index < -0.39 is 0 Å². The van der Waals surface area contributed by atoms with Gasteiger partial charge in [0.1, 0.15) is 5.78 Å². The smallest absolute Gasteiger partial charge is 0.220 e. The lowest BCUT2D eigenvalue weighted by Crippen LogP contribution is -2.25. The van der Waals surface area contributed by atoms with Crippen LogP contribution >= 0.6 is 0 Å². The van der Waals surface area contributed by atoms with Crippen molar-refractivity contribution in [2.24, 2.45) is 0 Å². The number of Topliss-reactive ketones (excluding diaryl/α,β-unsaturated/α-hetero) is 1. The maximum absolute atomic E-state index is 11.3. The van der Waals surface area contributed by atoms with Crippen molar-refractivity contribution in [1.29, 1.82) is 0 Å². The van der Waals surface area contributed by atoms with Crippen LogP contribution < -0.4 is 10.6 Å². The molecule has 0 fully saturated rings. The molecule has 0 rings (SSSR count). The first-order valence-electron chi connectivity index (χ1n) is 8.30. The monoisotopic (exact) mass is 332 g/mol. The Bertz CT molecular complexity index is 300. The molecule has 7 nitrogen and oxygen atoms in total. The summed E-state index contributed by atoms with van der Waals surface area (Å²) >= 11 is 0. The third kappa shape index (κ3) is 18.9. The number of rotatable bonds is 17. The maximum Gasteiger partial charge on any atom is 0.220 e. The van der Waals surface area contributed by atoms with Crippen molar-refractivity contribution in [2.75, 3.05) is 59.8 Å². The van der Waals surface area contributed by atoms with Crippen molar-refractivity contribution in [3.05, 3.63) is 0 Å². The van der Waals surface area contributed by atoms with E-state index in [9.17, 15) is 9.59 Å². The SMILES string of the molecule is CNCCCOCCOCCOCCCNC(=O)CCC(C)=O. The van der Waals surface area contributed by atoms with Crippen LogP contribution in [0.1, 0.15) is 32.6 Å². The van der Waals surface area contributed by atoms with Gasteiger partial charge in [-0.15, -0.1) is 0 Å². The Hall–Kier alpha value is -1.02. The summed E-state index contributed by atoms with van der Waals surface area (Å²) < 4.78 is 16.2. The van der Waals surface area contributed by atoms with Crippen LogP contribution in [-0.2, 0) is 23.8 Å². The quantitative estimate of drug-likeness (QED) is 0.378. The van der Waals surface area contributed by atoms with Gasteiger partial charge >= 0.3 is 0 Å². The second-order valence-electron chi connectivity index (χ2n) is 5.20. The topological polar surface area (TPSA) is 85.9 Å². The van der Waals surface area contributed by atoms with E-state index in [-0.39, 0.29) is 18.1 Å². The Labute approximate surface area is 139 Å². The highest BCUT2D eigenvalue weighted by atomic mass is 16.5. The summed E-state index contributed by atoms with van der Waals surface area (Å²) in [5.74, 6) is -0.0508. The van der Waals surface area contributed by atoms with Crippen LogP contribution in [0.4, 0.5) is 0 Å². The molecule has 23 heavy (non-hydrogen) atoms. The van der Waals surface area contributed by atoms with Gasteiger partial charge in [0.15, 0.2) is 0 Å². The second kappa shape index (κ2) is 17.3. The first kappa shape index (κ1) is 22.0. The predicted octanol–water partition coefficient (Wildman–Crippen LogP) is 0.521. The fourth-order valence-corrected chi connectivity index (χ4v) is 1.67. The molecule has 0 heterocycles. The van der Waals surface area contributed by atoms with Crippen LogP contribution in [0.25, 0.3) is 0 Å². The molecule has 0 aliphatic rings. The summed E-state index contributed by atoms with van der Waals surface area (Å²) in [5.41, 5.74) is 0. The molecule has 136 valence electrons. The van der Waals surface area contributed by atoms with Gasteiger partial charge in [-0.3, -0.25) is 4.79 Å². The van der Waals surface area contributed by atoms with Crippen molar-refractivity contribution < 1.29 is 23.8 Å². The van der Waals surface area contributed by atoms with E-state index >= 15 is 0 Å². The van der Waals surface area contributed by atoms with Gasteiger partial charge in [-0.2, -0.15) is 0 Å². The third-order valence-corrected chi connectivity index (χ3v) is 2.95. The average Bonchev–Trinajstić information content (AvgIpc) is 2.53. The van der Waals surface area contributed by atoms with Crippen LogP contribution in [0.5, 0.6) is 0 Å². The molecule has 2 N–H and O–H groups in total. The molecule has 0 bridgehead atoms. The molecule has 0 saturated carbocycles. The number of nitrogens with one attached hydrogen (secondary N) is 2. The first-order valence-corrected chi connectivity index (χ1v) is 8.30. The molecule has 0 aromatic carbocycles. The number of ketones is 1.